The van der Waals surface area contributed by atoms with Crippen LogP contribution in [0.25, 0.3) is 0 Å². The van der Waals surface area contributed by atoms with Crippen molar-refractivity contribution in [1.29, 1.82) is 0 Å². The number of carbonyl (C=O) groups is 2. The minimum absolute atomic E-state index is 0.00609. The first-order chi connectivity index (χ1) is 11.6. The zero-order valence-corrected chi connectivity index (χ0v) is 14.0. The molecule has 1 aromatic carbocycles. The highest BCUT2D eigenvalue weighted by molar-refractivity contribution is 5.96. The van der Waals surface area contributed by atoms with Crippen LogP contribution in [0.1, 0.15) is 29.6 Å². The maximum absolute atomic E-state index is 12.4. The molecular formula is C19H25N3O2. The zero-order valence-electron chi connectivity index (χ0n) is 14.0. The van der Waals surface area contributed by atoms with E-state index in [1.54, 1.807) is 41.3 Å². The molecule has 1 aliphatic heterocycles. The zero-order chi connectivity index (χ0) is 17.4. The van der Waals surface area contributed by atoms with Gasteiger partial charge in [0.25, 0.3) is 5.91 Å². The molecule has 2 N–H and O–H groups in total. The minimum Gasteiger partial charge on any atom is -0.331 e. The fourth-order valence-corrected chi connectivity index (χ4v) is 2.80. The summed E-state index contributed by atoms with van der Waals surface area (Å²) in [5.41, 5.74) is 1.28. The summed E-state index contributed by atoms with van der Waals surface area (Å²) in [6.45, 7) is 9.26. The summed E-state index contributed by atoms with van der Waals surface area (Å²) in [5.74, 6) is -0.0868. The van der Waals surface area contributed by atoms with Gasteiger partial charge in [-0.2, -0.15) is 0 Å². The minimum atomic E-state index is -0.0807. The number of benzene rings is 1. The fraction of sp³-hybridized carbons (Fsp3) is 0.368. The lowest BCUT2D eigenvalue weighted by molar-refractivity contribution is -0.116. The normalized spacial score (nSPS) is 16.4. The number of hydrogen-bond donors (Lipinski definition) is 2. The van der Waals surface area contributed by atoms with Gasteiger partial charge in [-0.1, -0.05) is 12.2 Å². The van der Waals surface area contributed by atoms with E-state index in [9.17, 15) is 9.59 Å². The van der Waals surface area contributed by atoms with Crippen LogP contribution in [-0.2, 0) is 4.79 Å². The van der Waals surface area contributed by atoms with Gasteiger partial charge in [-0.15, -0.1) is 13.2 Å². The maximum Gasteiger partial charge on any atom is 0.254 e. The standard InChI is InChI=1S/C19H25N3O2/c1-3-12-22(13-4-2)19(24)15-7-9-16(10-8-15)21-18(23)14-17-6-5-11-20-17/h3-4,7-10,17,20H,1-2,5-6,11-14H2,(H,21,23). The molecule has 0 radical (unpaired) electrons. The summed E-state index contributed by atoms with van der Waals surface area (Å²) in [6, 6.07) is 7.24. The first kappa shape index (κ1) is 17.9. The predicted octanol–water partition coefficient (Wildman–Crippen LogP) is 2.58. The monoisotopic (exact) mass is 327 g/mol. The van der Waals surface area contributed by atoms with Gasteiger partial charge in [0.2, 0.25) is 5.91 Å². The number of rotatable bonds is 8. The van der Waals surface area contributed by atoms with Crippen LogP contribution in [0, 0.1) is 0 Å². The molecule has 2 rings (SSSR count). The van der Waals surface area contributed by atoms with Crippen LogP contribution < -0.4 is 10.6 Å². The molecule has 0 aromatic heterocycles. The highest BCUT2D eigenvalue weighted by Gasteiger charge is 2.18. The van der Waals surface area contributed by atoms with Crippen molar-refractivity contribution in [2.75, 3.05) is 25.0 Å². The molecule has 1 aromatic rings. The third kappa shape index (κ3) is 5.06. The molecule has 1 unspecified atom stereocenters. The van der Waals surface area contributed by atoms with Crippen LogP contribution in [0.5, 0.6) is 0 Å². The molecule has 2 amide bonds. The Morgan fingerprint density at radius 2 is 1.88 bits per heavy atom. The van der Waals surface area contributed by atoms with Crippen molar-refractivity contribution >= 4 is 17.5 Å². The van der Waals surface area contributed by atoms with Gasteiger partial charge < -0.3 is 15.5 Å². The summed E-state index contributed by atoms with van der Waals surface area (Å²) in [7, 11) is 0. The Balaban J connectivity index is 1.93. The predicted molar refractivity (Wildman–Crippen MR) is 97.0 cm³/mol. The van der Waals surface area contributed by atoms with Gasteiger partial charge in [0.05, 0.1) is 0 Å². The molecule has 1 saturated heterocycles. The van der Waals surface area contributed by atoms with Crippen molar-refractivity contribution < 1.29 is 9.59 Å². The van der Waals surface area contributed by atoms with E-state index in [-0.39, 0.29) is 17.9 Å². The number of hydrogen-bond acceptors (Lipinski definition) is 3. The van der Waals surface area contributed by atoms with Gasteiger partial charge in [-0.05, 0) is 43.7 Å². The molecule has 0 saturated carbocycles. The first-order valence-electron chi connectivity index (χ1n) is 8.28. The van der Waals surface area contributed by atoms with Gasteiger partial charge in [-0.25, -0.2) is 0 Å². The van der Waals surface area contributed by atoms with Crippen LogP contribution in [0.4, 0.5) is 5.69 Å². The Kier molecular flexibility index (Phi) is 6.75. The Morgan fingerprint density at radius 3 is 2.42 bits per heavy atom. The van der Waals surface area contributed by atoms with Gasteiger partial charge in [0.15, 0.2) is 0 Å². The number of nitrogens with one attached hydrogen (secondary N) is 2. The Bertz CT molecular complexity index is 579. The summed E-state index contributed by atoms with van der Waals surface area (Å²) in [5, 5.41) is 6.18. The Morgan fingerprint density at radius 1 is 1.21 bits per heavy atom. The molecular weight excluding hydrogens is 302 g/mol. The van der Waals surface area contributed by atoms with E-state index in [4.69, 9.17) is 0 Å². The van der Waals surface area contributed by atoms with E-state index in [2.05, 4.69) is 23.8 Å². The molecule has 5 heteroatoms. The number of carbonyl (C=O) groups excluding carboxylic acids is 2. The summed E-state index contributed by atoms with van der Waals surface area (Å²) in [6.07, 6.45) is 6.03. The second-order valence-electron chi connectivity index (χ2n) is 5.91. The van der Waals surface area contributed by atoms with Crippen molar-refractivity contribution in [3.8, 4) is 0 Å². The van der Waals surface area contributed by atoms with Gasteiger partial charge in [-0.3, -0.25) is 9.59 Å². The highest BCUT2D eigenvalue weighted by Crippen LogP contribution is 2.14. The average molecular weight is 327 g/mol. The molecule has 24 heavy (non-hydrogen) atoms. The number of amides is 2. The smallest absolute Gasteiger partial charge is 0.254 e. The number of nitrogens with zero attached hydrogens (tertiary/aromatic N) is 1. The van der Waals surface area contributed by atoms with E-state index in [1.807, 2.05) is 0 Å². The molecule has 1 atom stereocenters. The van der Waals surface area contributed by atoms with Crippen LogP contribution in [-0.4, -0.2) is 42.4 Å². The molecule has 5 nitrogen and oxygen atoms in total. The van der Waals surface area contributed by atoms with Crippen LogP contribution in [0.2, 0.25) is 0 Å². The lowest BCUT2D eigenvalue weighted by Gasteiger charge is -2.19. The van der Waals surface area contributed by atoms with E-state index in [0.29, 0.717) is 30.8 Å². The molecule has 1 fully saturated rings. The van der Waals surface area contributed by atoms with Crippen molar-refractivity contribution in [3.05, 3.63) is 55.1 Å². The lowest BCUT2D eigenvalue weighted by Crippen LogP contribution is -2.31. The van der Waals surface area contributed by atoms with Crippen LogP contribution >= 0.6 is 0 Å². The van der Waals surface area contributed by atoms with E-state index in [0.717, 1.165) is 19.4 Å². The second kappa shape index (κ2) is 9.03. The van der Waals surface area contributed by atoms with Crippen LogP contribution in [0.3, 0.4) is 0 Å². The first-order valence-corrected chi connectivity index (χ1v) is 8.28. The molecule has 0 aliphatic carbocycles. The van der Waals surface area contributed by atoms with Gasteiger partial charge in [0, 0.05) is 36.8 Å². The topological polar surface area (TPSA) is 61.4 Å². The SMILES string of the molecule is C=CCN(CC=C)C(=O)c1ccc(NC(=O)CC2CCCN2)cc1. The van der Waals surface area contributed by atoms with Crippen molar-refractivity contribution in [1.82, 2.24) is 10.2 Å². The van der Waals surface area contributed by atoms with E-state index >= 15 is 0 Å². The second-order valence-corrected chi connectivity index (χ2v) is 5.91. The average Bonchev–Trinajstić information content (AvgIpc) is 3.07. The van der Waals surface area contributed by atoms with E-state index < -0.39 is 0 Å². The van der Waals surface area contributed by atoms with Crippen molar-refractivity contribution in [2.24, 2.45) is 0 Å². The molecule has 1 aliphatic rings. The third-order valence-corrected chi connectivity index (χ3v) is 4.00. The van der Waals surface area contributed by atoms with E-state index in [1.165, 1.54) is 0 Å². The third-order valence-electron chi connectivity index (χ3n) is 4.00. The highest BCUT2D eigenvalue weighted by atomic mass is 16.2. The summed E-state index contributed by atoms with van der Waals surface area (Å²) < 4.78 is 0. The molecule has 1 heterocycles. The number of anilines is 1. The maximum atomic E-state index is 12.4. The van der Waals surface area contributed by atoms with Crippen LogP contribution in [0.15, 0.2) is 49.6 Å². The molecule has 128 valence electrons. The van der Waals surface area contributed by atoms with Crippen molar-refractivity contribution in [2.45, 2.75) is 25.3 Å². The fourth-order valence-electron chi connectivity index (χ4n) is 2.80. The Labute approximate surface area is 143 Å². The largest absolute Gasteiger partial charge is 0.331 e. The molecule has 0 spiro atoms. The van der Waals surface area contributed by atoms with Gasteiger partial charge in [0.1, 0.15) is 0 Å². The van der Waals surface area contributed by atoms with Crippen molar-refractivity contribution in [3.63, 3.8) is 0 Å². The van der Waals surface area contributed by atoms with Gasteiger partial charge >= 0.3 is 0 Å². The lowest BCUT2D eigenvalue weighted by atomic mass is 10.1. The molecule has 0 bridgehead atoms. The summed E-state index contributed by atoms with van der Waals surface area (Å²) >= 11 is 0. The quantitative estimate of drug-likeness (QED) is 0.722. The Hall–Kier alpha value is -2.40. The summed E-state index contributed by atoms with van der Waals surface area (Å²) in [4.78, 5) is 26.1.